The molecule has 0 unspecified atom stereocenters. The Morgan fingerprint density at radius 2 is 1.70 bits per heavy atom. The number of primary sulfonamides is 1. The van der Waals surface area contributed by atoms with Gasteiger partial charge in [0.25, 0.3) is 5.91 Å². The minimum Gasteiger partial charge on any atom is -0.497 e. The first-order chi connectivity index (χ1) is 10.8. The van der Waals surface area contributed by atoms with Gasteiger partial charge >= 0.3 is 0 Å². The van der Waals surface area contributed by atoms with E-state index in [2.05, 4.69) is 5.32 Å². The lowest BCUT2D eigenvalue weighted by molar-refractivity contribution is 0.102. The number of hydrogen-bond acceptors (Lipinski definition) is 5. The number of amides is 1. The maximum absolute atomic E-state index is 12.4. The number of ether oxygens (including phenoxy) is 2. The summed E-state index contributed by atoms with van der Waals surface area (Å²) in [4.78, 5) is 12.2. The number of methoxy groups -OCH3 is 2. The van der Waals surface area contributed by atoms with E-state index in [0.29, 0.717) is 11.4 Å². The number of benzene rings is 2. The predicted molar refractivity (Wildman–Crippen MR) is 85.3 cm³/mol. The van der Waals surface area contributed by atoms with Crippen molar-refractivity contribution in [2.75, 3.05) is 19.5 Å². The predicted octanol–water partition coefficient (Wildman–Crippen LogP) is 1.60. The Morgan fingerprint density at radius 3 is 2.22 bits per heavy atom. The number of nitrogens with two attached hydrogens (primary N) is 1. The Morgan fingerprint density at radius 1 is 1.04 bits per heavy atom. The normalized spacial score (nSPS) is 10.9. The van der Waals surface area contributed by atoms with Crippen molar-refractivity contribution in [1.29, 1.82) is 0 Å². The van der Waals surface area contributed by atoms with Crippen LogP contribution in [0.5, 0.6) is 11.5 Å². The van der Waals surface area contributed by atoms with Gasteiger partial charge in [-0.1, -0.05) is 0 Å². The Labute approximate surface area is 134 Å². The molecule has 0 saturated carbocycles. The van der Waals surface area contributed by atoms with Gasteiger partial charge in [-0.3, -0.25) is 4.79 Å². The molecule has 3 N–H and O–H groups in total. The van der Waals surface area contributed by atoms with E-state index in [0.717, 1.165) is 0 Å². The van der Waals surface area contributed by atoms with Crippen LogP contribution in [-0.4, -0.2) is 28.5 Å². The van der Waals surface area contributed by atoms with Crippen LogP contribution in [0.4, 0.5) is 5.69 Å². The van der Waals surface area contributed by atoms with Gasteiger partial charge < -0.3 is 14.8 Å². The van der Waals surface area contributed by atoms with Gasteiger partial charge in [0.05, 0.1) is 24.7 Å². The van der Waals surface area contributed by atoms with Crippen LogP contribution in [0.15, 0.2) is 47.4 Å². The lowest BCUT2D eigenvalue weighted by Crippen LogP contribution is -2.16. The van der Waals surface area contributed by atoms with Crippen LogP contribution in [0.2, 0.25) is 0 Å². The number of hydrogen-bond donors (Lipinski definition) is 2. The van der Waals surface area contributed by atoms with E-state index in [-0.39, 0.29) is 16.2 Å². The van der Waals surface area contributed by atoms with Crippen LogP contribution in [0.3, 0.4) is 0 Å². The van der Waals surface area contributed by atoms with E-state index >= 15 is 0 Å². The quantitative estimate of drug-likeness (QED) is 0.862. The van der Waals surface area contributed by atoms with Crippen LogP contribution >= 0.6 is 0 Å². The highest BCUT2D eigenvalue weighted by atomic mass is 32.2. The molecular weight excluding hydrogens is 320 g/mol. The standard InChI is InChI=1S/C15H16N2O5S/c1-21-11-5-3-10(4-6-11)17-15(18)13-9-12(23(16,19)20)7-8-14(13)22-2/h3-9H,1-2H3,(H,17,18)(H2,16,19,20). The third-order valence-electron chi connectivity index (χ3n) is 3.09. The van der Waals surface area contributed by atoms with Gasteiger partial charge in [0.2, 0.25) is 10.0 Å². The van der Waals surface area contributed by atoms with Crippen molar-refractivity contribution in [3.8, 4) is 11.5 Å². The fraction of sp³-hybridized carbons (Fsp3) is 0.133. The molecule has 122 valence electrons. The zero-order chi connectivity index (χ0) is 17.0. The number of carbonyl (C=O) groups excluding carboxylic acids is 1. The molecule has 0 aliphatic carbocycles. The number of sulfonamides is 1. The van der Waals surface area contributed by atoms with E-state index in [4.69, 9.17) is 14.6 Å². The van der Waals surface area contributed by atoms with E-state index in [1.165, 1.54) is 32.4 Å². The van der Waals surface area contributed by atoms with E-state index in [1.807, 2.05) is 0 Å². The van der Waals surface area contributed by atoms with Crippen LogP contribution in [0.1, 0.15) is 10.4 Å². The highest BCUT2D eigenvalue weighted by Crippen LogP contribution is 2.23. The summed E-state index contributed by atoms with van der Waals surface area (Å²) in [6.07, 6.45) is 0. The molecule has 0 fully saturated rings. The third kappa shape index (κ3) is 3.99. The van der Waals surface area contributed by atoms with Gasteiger partial charge in [-0.05, 0) is 42.5 Å². The second kappa shape index (κ2) is 6.67. The molecule has 0 bridgehead atoms. The number of rotatable bonds is 5. The molecule has 2 aromatic rings. The topological polar surface area (TPSA) is 108 Å². The van der Waals surface area contributed by atoms with Gasteiger partial charge in [-0.15, -0.1) is 0 Å². The highest BCUT2D eigenvalue weighted by molar-refractivity contribution is 7.89. The van der Waals surface area contributed by atoms with Crippen LogP contribution in [0, 0.1) is 0 Å². The lowest BCUT2D eigenvalue weighted by atomic mass is 10.2. The van der Waals surface area contributed by atoms with Crippen molar-refractivity contribution >= 4 is 21.6 Å². The molecule has 0 radical (unpaired) electrons. The molecule has 0 aliphatic rings. The maximum atomic E-state index is 12.4. The van der Waals surface area contributed by atoms with Crippen LogP contribution in [-0.2, 0) is 10.0 Å². The van der Waals surface area contributed by atoms with E-state index in [1.54, 1.807) is 24.3 Å². The first-order valence-corrected chi connectivity index (χ1v) is 8.06. The zero-order valence-electron chi connectivity index (χ0n) is 12.6. The van der Waals surface area contributed by atoms with Crippen molar-refractivity contribution < 1.29 is 22.7 Å². The smallest absolute Gasteiger partial charge is 0.259 e. The first kappa shape index (κ1) is 16.8. The monoisotopic (exact) mass is 336 g/mol. The molecule has 2 aromatic carbocycles. The fourth-order valence-corrected chi connectivity index (χ4v) is 2.45. The summed E-state index contributed by atoms with van der Waals surface area (Å²) in [6.45, 7) is 0. The Kier molecular flexibility index (Phi) is 4.87. The molecule has 1 amide bonds. The summed E-state index contributed by atoms with van der Waals surface area (Å²) in [5.74, 6) is 0.373. The van der Waals surface area contributed by atoms with E-state index < -0.39 is 15.9 Å². The molecule has 7 nitrogen and oxygen atoms in total. The molecule has 0 heterocycles. The average Bonchev–Trinajstić information content (AvgIpc) is 2.54. The molecule has 2 rings (SSSR count). The Hall–Kier alpha value is -2.58. The highest BCUT2D eigenvalue weighted by Gasteiger charge is 2.17. The van der Waals surface area contributed by atoms with Gasteiger partial charge in [-0.25, -0.2) is 13.6 Å². The summed E-state index contributed by atoms with van der Waals surface area (Å²) in [7, 11) is -0.994. The molecule has 0 aromatic heterocycles. The SMILES string of the molecule is COc1ccc(NC(=O)c2cc(S(N)(=O)=O)ccc2OC)cc1. The minimum absolute atomic E-state index is 0.0647. The molecule has 0 atom stereocenters. The zero-order valence-corrected chi connectivity index (χ0v) is 13.4. The van der Waals surface area contributed by atoms with Gasteiger partial charge in [0.15, 0.2) is 0 Å². The van der Waals surface area contributed by atoms with Crippen molar-refractivity contribution in [2.45, 2.75) is 4.90 Å². The van der Waals surface area contributed by atoms with Gasteiger partial charge in [-0.2, -0.15) is 0 Å². The van der Waals surface area contributed by atoms with Crippen LogP contribution < -0.4 is 19.9 Å². The second-order valence-electron chi connectivity index (χ2n) is 4.59. The number of anilines is 1. The summed E-state index contributed by atoms with van der Waals surface area (Å²) >= 11 is 0. The van der Waals surface area contributed by atoms with Gasteiger partial charge in [0.1, 0.15) is 11.5 Å². The summed E-state index contributed by atoms with van der Waals surface area (Å²) in [6, 6.07) is 10.5. The molecule has 0 spiro atoms. The second-order valence-corrected chi connectivity index (χ2v) is 6.15. The summed E-state index contributed by atoms with van der Waals surface area (Å²) < 4.78 is 33.0. The van der Waals surface area contributed by atoms with Crippen molar-refractivity contribution in [3.05, 3.63) is 48.0 Å². The summed E-state index contributed by atoms with van der Waals surface area (Å²) in [5, 5.41) is 7.74. The fourth-order valence-electron chi connectivity index (χ4n) is 1.91. The van der Waals surface area contributed by atoms with Crippen molar-refractivity contribution in [3.63, 3.8) is 0 Å². The molecule has 0 saturated heterocycles. The number of carbonyl (C=O) groups is 1. The van der Waals surface area contributed by atoms with E-state index in [9.17, 15) is 13.2 Å². The van der Waals surface area contributed by atoms with Crippen LogP contribution in [0.25, 0.3) is 0 Å². The molecule has 8 heteroatoms. The van der Waals surface area contributed by atoms with Gasteiger partial charge in [0, 0.05) is 5.69 Å². The molecular formula is C15H16N2O5S. The van der Waals surface area contributed by atoms with Crippen molar-refractivity contribution in [2.24, 2.45) is 5.14 Å². The lowest BCUT2D eigenvalue weighted by Gasteiger charge is -2.11. The molecule has 23 heavy (non-hydrogen) atoms. The molecule has 0 aliphatic heterocycles. The van der Waals surface area contributed by atoms with Crippen molar-refractivity contribution in [1.82, 2.24) is 0 Å². The first-order valence-electron chi connectivity index (χ1n) is 6.51. The minimum atomic E-state index is -3.92. The largest absolute Gasteiger partial charge is 0.497 e. The Bertz CT molecular complexity index is 816. The average molecular weight is 336 g/mol. The maximum Gasteiger partial charge on any atom is 0.259 e. The third-order valence-corrected chi connectivity index (χ3v) is 4.00. The Balaban J connectivity index is 2.33. The summed E-state index contributed by atoms with van der Waals surface area (Å²) in [5.41, 5.74) is 0.591. The number of nitrogens with one attached hydrogen (secondary N) is 1.